The summed E-state index contributed by atoms with van der Waals surface area (Å²) in [6.07, 6.45) is 9.15. The van der Waals surface area contributed by atoms with Gasteiger partial charge >= 0.3 is 0 Å². The second kappa shape index (κ2) is 5.10. The summed E-state index contributed by atoms with van der Waals surface area (Å²) >= 11 is 0. The summed E-state index contributed by atoms with van der Waals surface area (Å²) in [6, 6.07) is 0. The normalized spacial score (nSPS) is 48.5. The summed E-state index contributed by atoms with van der Waals surface area (Å²) in [5.41, 5.74) is -1.10. The van der Waals surface area contributed by atoms with Gasteiger partial charge in [0.1, 0.15) is 6.17 Å². The number of hydrogen-bond donors (Lipinski definition) is 0. The predicted molar refractivity (Wildman–Crippen MR) is 79.3 cm³/mol. The average molecular weight is 280 g/mol. The summed E-state index contributed by atoms with van der Waals surface area (Å²) in [5.74, 6) is 1.74. The first-order valence-electron chi connectivity index (χ1n) is 8.74. The Morgan fingerprint density at radius 1 is 1.05 bits per heavy atom. The average Bonchev–Trinajstić information content (AvgIpc) is 2.48. The Hall–Kier alpha value is -0.400. The van der Waals surface area contributed by atoms with Crippen molar-refractivity contribution in [3.8, 4) is 0 Å². The molecule has 0 aromatic carbocycles. The van der Waals surface area contributed by atoms with Gasteiger partial charge in [-0.1, -0.05) is 26.7 Å². The number of carbonyl (C=O) groups excluding carboxylic acids is 1. The van der Waals surface area contributed by atoms with Gasteiger partial charge in [-0.05, 0) is 63.2 Å². The van der Waals surface area contributed by atoms with E-state index >= 15 is 4.39 Å². The van der Waals surface area contributed by atoms with E-state index in [1.807, 2.05) is 0 Å². The van der Waals surface area contributed by atoms with Crippen LogP contribution in [0.3, 0.4) is 0 Å². The Morgan fingerprint density at radius 2 is 1.55 bits per heavy atom. The SMILES string of the molecule is CCCC1CC[C@]2(CC1)C(=O)[C@@]1(CCC(C)CC1)[C@@H]2F. The fourth-order valence-corrected chi connectivity index (χ4v) is 5.31. The lowest BCUT2D eigenvalue weighted by Crippen LogP contribution is -2.69. The summed E-state index contributed by atoms with van der Waals surface area (Å²) in [7, 11) is 0. The Bertz CT molecular complexity index is 373. The highest BCUT2D eigenvalue weighted by Crippen LogP contribution is 2.65. The van der Waals surface area contributed by atoms with Crippen molar-refractivity contribution >= 4 is 5.78 Å². The molecule has 3 rings (SSSR count). The largest absolute Gasteiger partial charge is 0.298 e. The predicted octanol–water partition coefficient (Wildman–Crippen LogP) is 5.08. The first kappa shape index (κ1) is 14.5. The zero-order valence-corrected chi connectivity index (χ0v) is 13.1. The second-order valence-corrected chi connectivity index (χ2v) is 7.92. The molecule has 1 nitrogen and oxygen atoms in total. The van der Waals surface area contributed by atoms with Crippen molar-refractivity contribution in [1.29, 1.82) is 0 Å². The smallest absolute Gasteiger partial charge is 0.151 e. The first-order valence-corrected chi connectivity index (χ1v) is 8.74. The van der Waals surface area contributed by atoms with Crippen molar-refractivity contribution in [1.82, 2.24) is 0 Å². The van der Waals surface area contributed by atoms with Crippen molar-refractivity contribution in [3.63, 3.8) is 0 Å². The van der Waals surface area contributed by atoms with Crippen LogP contribution in [0, 0.1) is 22.7 Å². The van der Waals surface area contributed by atoms with E-state index in [1.54, 1.807) is 0 Å². The van der Waals surface area contributed by atoms with Gasteiger partial charge in [-0.25, -0.2) is 4.39 Å². The van der Waals surface area contributed by atoms with E-state index in [0.29, 0.717) is 11.7 Å². The Kier molecular flexibility index (Phi) is 3.71. The maximum Gasteiger partial charge on any atom is 0.151 e. The number of Topliss-reactive ketones (excluding diaryl/α,β-unsaturated/α-hetero) is 1. The molecule has 3 fully saturated rings. The first-order chi connectivity index (χ1) is 9.55. The highest BCUT2D eigenvalue weighted by molar-refractivity contribution is 5.98. The maximum atomic E-state index is 15.1. The third-order valence-corrected chi connectivity index (χ3v) is 6.74. The van der Waals surface area contributed by atoms with Crippen LogP contribution in [0.15, 0.2) is 0 Å². The molecule has 2 heteroatoms. The fraction of sp³-hybridized carbons (Fsp3) is 0.944. The van der Waals surface area contributed by atoms with Crippen molar-refractivity contribution < 1.29 is 9.18 Å². The van der Waals surface area contributed by atoms with E-state index in [9.17, 15) is 4.79 Å². The maximum absolute atomic E-state index is 15.1. The molecule has 0 aromatic heterocycles. The molecule has 0 heterocycles. The highest BCUT2D eigenvalue weighted by atomic mass is 19.1. The summed E-state index contributed by atoms with van der Waals surface area (Å²) in [4.78, 5) is 12.9. The molecular formula is C18H29FO. The molecule has 3 saturated carbocycles. The van der Waals surface area contributed by atoms with Gasteiger partial charge < -0.3 is 0 Å². The minimum absolute atomic E-state index is 0.319. The van der Waals surface area contributed by atoms with E-state index in [4.69, 9.17) is 0 Å². The van der Waals surface area contributed by atoms with Crippen molar-refractivity contribution in [2.24, 2.45) is 22.7 Å². The van der Waals surface area contributed by atoms with E-state index in [0.717, 1.165) is 57.3 Å². The van der Waals surface area contributed by atoms with Crippen LogP contribution >= 0.6 is 0 Å². The monoisotopic (exact) mass is 280 g/mol. The molecule has 0 radical (unpaired) electrons. The van der Waals surface area contributed by atoms with Crippen molar-refractivity contribution in [3.05, 3.63) is 0 Å². The van der Waals surface area contributed by atoms with E-state index in [1.165, 1.54) is 12.8 Å². The second-order valence-electron chi connectivity index (χ2n) is 7.92. The minimum atomic E-state index is -0.836. The summed E-state index contributed by atoms with van der Waals surface area (Å²) in [5, 5.41) is 0. The van der Waals surface area contributed by atoms with Gasteiger partial charge in [0.2, 0.25) is 0 Å². The summed E-state index contributed by atoms with van der Waals surface area (Å²) < 4.78 is 15.1. The Balaban J connectivity index is 1.68. The third-order valence-electron chi connectivity index (χ3n) is 6.74. The molecule has 3 aliphatic carbocycles. The van der Waals surface area contributed by atoms with Crippen LogP contribution in [0.25, 0.3) is 0 Å². The van der Waals surface area contributed by atoms with Gasteiger partial charge in [-0.15, -0.1) is 0 Å². The van der Waals surface area contributed by atoms with Crippen LogP contribution in [0.1, 0.15) is 78.1 Å². The molecule has 2 spiro atoms. The van der Waals surface area contributed by atoms with Crippen LogP contribution in [-0.2, 0) is 4.79 Å². The van der Waals surface area contributed by atoms with Gasteiger partial charge in [0, 0.05) is 0 Å². The zero-order chi connectivity index (χ0) is 14.4. The number of carbonyl (C=O) groups is 1. The van der Waals surface area contributed by atoms with E-state index < -0.39 is 17.0 Å². The lowest BCUT2D eigenvalue weighted by atomic mass is 9.42. The molecule has 0 aliphatic heterocycles. The molecular weight excluding hydrogens is 251 g/mol. The number of alkyl halides is 1. The lowest BCUT2D eigenvalue weighted by Gasteiger charge is -2.61. The molecule has 3 aliphatic rings. The van der Waals surface area contributed by atoms with Gasteiger partial charge in [0.15, 0.2) is 5.78 Å². The van der Waals surface area contributed by atoms with Crippen LogP contribution in [0.4, 0.5) is 4.39 Å². The van der Waals surface area contributed by atoms with Crippen LogP contribution in [-0.4, -0.2) is 12.0 Å². The van der Waals surface area contributed by atoms with E-state index in [2.05, 4.69) is 13.8 Å². The van der Waals surface area contributed by atoms with Gasteiger partial charge in [0.05, 0.1) is 10.8 Å². The lowest BCUT2D eigenvalue weighted by molar-refractivity contribution is -0.193. The molecule has 20 heavy (non-hydrogen) atoms. The Labute approximate surface area is 122 Å². The molecule has 0 amide bonds. The quantitative estimate of drug-likeness (QED) is 0.689. The molecule has 0 N–H and O–H groups in total. The van der Waals surface area contributed by atoms with Crippen LogP contribution < -0.4 is 0 Å². The number of halogens is 1. The van der Waals surface area contributed by atoms with Crippen LogP contribution in [0.5, 0.6) is 0 Å². The van der Waals surface area contributed by atoms with Crippen molar-refractivity contribution in [2.75, 3.05) is 0 Å². The molecule has 114 valence electrons. The van der Waals surface area contributed by atoms with Gasteiger partial charge in [-0.3, -0.25) is 4.79 Å². The molecule has 0 bridgehead atoms. The highest BCUT2D eigenvalue weighted by Gasteiger charge is 2.71. The Morgan fingerprint density at radius 3 is 2.00 bits per heavy atom. The summed E-state index contributed by atoms with van der Waals surface area (Å²) in [6.45, 7) is 4.45. The third kappa shape index (κ3) is 1.89. The number of rotatable bonds is 2. The fourth-order valence-electron chi connectivity index (χ4n) is 5.31. The number of hydrogen-bond acceptors (Lipinski definition) is 1. The van der Waals surface area contributed by atoms with E-state index in [-0.39, 0.29) is 0 Å². The number of ketones is 1. The standard InChI is InChI=1S/C18H29FO/c1-3-4-14-7-11-18(12-8-14)15(19)17(16(18)20)9-5-13(2)6-10-17/h13-15H,3-12H2,1-2H3/t13?,14?,15-,17-,18-/m0/s1. The van der Waals surface area contributed by atoms with Crippen LogP contribution in [0.2, 0.25) is 0 Å². The molecule has 0 unspecified atom stereocenters. The molecule has 0 aromatic rings. The van der Waals surface area contributed by atoms with Crippen molar-refractivity contribution in [2.45, 2.75) is 84.2 Å². The molecule has 0 saturated heterocycles. The minimum Gasteiger partial charge on any atom is -0.298 e. The zero-order valence-electron chi connectivity index (χ0n) is 13.1. The molecule has 1 atom stereocenters. The topological polar surface area (TPSA) is 17.1 Å². The van der Waals surface area contributed by atoms with Gasteiger partial charge in [0.25, 0.3) is 0 Å². The van der Waals surface area contributed by atoms with Gasteiger partial charge in [-0.2, -0.15) is 0 Å².